The van der Waals surface area contributed by atoms with Gasteiger partial charge < -0.3 is 11.1 Å². The summed E-state index contributed by atoms with van der Waals surface area (Å²) in [5.41, 5.74) is 7.14. The maximum absolute atomic E-state index is 11.8. The number of nitrogens with one attached hydrogen (secondary N) is 2. The highest BCUT2D eigenvalue weighted by Gasteiger charge is 2.06. The van der Waals surface area contributed by atoms with Gasteiger partial charge in [0.2, 0.25) is 0 Å². The number of thiazole rings is 1. The van der Waals surface area contributed by atoms with Gasteiger partial charge in [0, 0.05) is 11.9 Å². The van der Waals surface area contributed by atoms with E-state index in [1.807, 2.05) is 12.1 Å². The van der Waals surface area contributed by atoms with E-state index in [2.05, 4.69) is 20.6 Å². The lowest BCUT2D eigenvalue weighted by molar-refractivity contribution is 0.262. The zero-order chi connectivity index (χ0) is 13.9. The summed E-state index contributed by atoms with van der Waals surface area (Å²) in [6.45, 7) is 0. The van der Waals surface area contributed by atoms with E-state index < -0.39 is 0 Å². The van der Waals surface area contributed by atoms with Crippen molar-refractivity contribution < 1.29 is 4.79 Å². The van der Waals surface area contributed by atoms with Crippen molar-refractivity contribution in [1.29, 1.82) is 0 Å². The van der Waals surface area contributed by atoms with E-state index in [1.165, 1.54) is 11.3 Å². The second kappa shape index (κ2) is 5.14. The molecular weight excluding hydrogens is 274 g/mol. The van der Waals surface area contributed by atoms with Gasteiger partial charge in [0.05, 0.1) is 10.2 Å². The molecule has 0 saturated carbocycles. The van der Waals surface area contributed by atoms with Gasteiger partial charge in [0.15, 0.2) is 5.13 Å². The quantitative estimate of drug-likeness (QED) is 0.675. The first-order chi connectivity index (χ1) is 9.70. The van der Waals surface area contributed by atoms with Gasteiger partial charge >= 0.3 is 6.03 Å². The zero-order valence-electron chi connectivity index (χ0n) is 10.3. The smallest absolute Gasteiger partial charge is 0.324 e. The molecule has 2 aromatic heterocycles. The molecule has 6 nitrogen and oxygen atoms in total. The number of pyridine rings is 1. The first-order valence-electron chi connectivity index (χ1n) is 5.86. The monoisotopic (exact) mass is 285 g/mol. The Kier molecular flexibility index (Phi) is 3.18. The number of hydrogen-bond donors (Lipinski definition) is 3. The molecule has 0 radical (unpaired) electrons. The fourth-order valence-electron chi connectivity index (χ4n) is 1.74. The average Bonchev–Trinajstić information content (AvgIpc) is 2.79. The van der Waals surface area contributed by atoms with Crippen molar-refractivity contribution >= 4 is 44.2 Å². The molecule has 0 atom stereocenters. The molecule has 0 aliphatic rings. The van der Waals surface area contributed by atoms with Crippen molar-refractivity contribution in [3.63, 3.8) is 0 Å². The molecule has 3 aromatic rings. The van der Waals surface area contributed by atoms with Crippen molar-refractivity contribution in [2.45, 2.75) is 0 Å². The lowest BCUT2D eigenvalue weighted by Gasteiger charge is -2.06. The predicted octanol–water partition coefficient (Wildman–Crippen LogP) is 2.92. The lowest BCUT2D eigenvalue weighted by Crippen LogP contribution is -2.19. The van der Waals surface area contributed by atoms with Gasteiger partial charge in [0.1, 0.15) is 5.82 Å². The molecule has 0 bridgehead atoms. The Morgan fingerprint density at radius 3 is 2.90 bits per heavy atom. The van der Waals surface area contributed by atoms with Crippen LogP contribution in [0.25, 0.3) is 10.2 Å². The van der Waals surface area contributed by atoms with E-state index in [9.17, 15) is 4.79 Å². The third kappa shape index (κ3) is 2.67. The number of anilines is 3. The molecule has 0 unspecified atom stereocenters. The number of rotatable bonds is 2. The van der Waals surface area contributed by atoms with E-state index in [1.54, 1.807) is 30.5 Å². The Morgan fingerprint density at radius 1 is 1.20 bits per heavy atom. The van der Waals surface area contributed by atoms with E-state index in [-0.39, 0.29) is 6.03 Å². The van der Waals surface area contributed by atoms with Crippen LogP contribution in [0.1, 0.15) is 0 Å². The summed E-state index contributed by atoms with van der Waals surface area (Å²) in [6.07, 6.45) is 1.61. The van der Waals surface area contributed by atoms with Crippen molar-refractivity contribution in [2.24, 2.45) is 0 Å². The minimum Gasteiger partial charge on any atom is -0.375 e. The van der Waals surface area contributed by atoms with Gasteiger partial charge in [-0.1, -0.05) is 17.4 Å². The lowest BCUT2D eigenvalue weighted by atomic mass is 10.3. The van der Waals surface area contributed by atoms with Crippen molar-refractivity contribution in [3.8, 4) is 0 Å². The van der Waals surface area contributed by atoms with Gasteiger partial charge in [-0.3, -0.25) is 5.32 Å². The topological polar surface area (TPSA) is 92.9 Å². The maximum atomic E-state index is 11.8. The number of amides is 2. The number of aromatic nitrogens is 2. The first-order valence-corrected chi connectivity index (χ1v) is 6.67. The highest BCUT2D eigenvalue weighted by atomic mass is 32.1. The molecule has 100 valence electrons. The SMILES string of the molecule is Nc1nc2ccc(NC(=O)Nc3ccccn3)cc2s1. The standard InChI is InChI=1S/C13H11N5OS/c14-12-17-9-5-4-8(7-10(9)20-12)16-13(19)18-11-3-1-2-6-15-11/h1-7H,(H2,14,17)(H2,15,16,18,19). The second-order valence-corrected chi connectivity index (χ2v) is 5.09. The highest BCUT2D eigenvalue weighted by Crippen LogP contribution is 2.26. The van der Waals surface area contributed by atoms with Crippen LogP contribution >= 0.6 is 11.3 Å². The number of benzene rings is 1. The molecule has 0 aliphatic heterocycles. The number of carbonyl (C=O) groups is 1. The Hall–Kier alpha value is -2.67. The molecule has 0 saturated heterocycles. The maximum Gasteiger partial charge on any atom is 0.324 e. The van der Waals surface area contributed by atoms with Gasteiger partial charge in [0.25, 0.3) is 0 Å². The first kappa shape index (κ1) is 12.4. The Morgan fingerprint density at radius 2 is 2.10 bits per heavy atom. The number of nitrogens with two attached hydrogens (primary N) is 1. The molecule has 4 N–H and O–H groups in total. The third-order valence-electron chi connectivity index (χ3n) is 2.57. The van der Waals surface area contributed by atoms with Crippen LogP contribution in [-0.4, -0.2) is 16.0 Å². The number of hydrogen-bond acceptors (Lipinski definition) is 5. The molecule has 0 fully saturated rings. The number of urea groups is 1. The summed E-state index contributed by atoms with van der Waals surface area (Å²) in [4.78, 5) is 20.0. The average molecular weight is 285 g/mol. The highest BCUT2D eigenvalue weighted by molar-refractivity contribution is 7.22. The van der Waals surface area contributed by atoms with Crippen LogP contribution in [0, 0.1) is 0 Å². The largest absolute Gasteiger partial charge is 0.375 e. The third-order valence-corrected chi connectivity index (χ3v) is 3.42. The van der Waals surface area contributed by atoms with Crippen molar-refractivity contribution in [3.05, 3.63) is 42.6 Å². The fourth-order valence-corrected chi connectivity index (χ4v) is 2.51. The van der Waals surface area contributed by atoms with Gasteiger partial charge in [-0.25, -0.2) is 14.8 Å². The summed E-state index contributed by atoms with van der Waals surface area (Å²) in [6, 6.07) is 10.4. The van der Waals surface area contributed by atoms with Crippen molar-refractivity contribution in [1.82, 2.24) is 9.97 Å². The molecule has 3 rings (SSSR count). The van der Waals surface area contributed by atoms with Crippen LogP contribution in [0.4, 0.5) is 21.4 Å². The molecule has 0 spiro atoms. The minimum atomic E-state index is -0.347. The molecule has 20 heavy (non-hydrogen) atoms. The van der Waals surface area contributed by atoms with Gasteiger partial charge in [-0.2, -0.15) is 0 Å². The van der Waals surface area contributed by atoms with Crippen LogP contribution in [-0.2, 0) is 0 Å². The second-order valence-electron chi connectivity index (χ2n) is 4.03. The molecule has 2 heterocycles. The van der Waals surface area contributed by atoms with E-state index in [0.29, 0.717) is 16.6 Å². The minimum absolute atomic E-state index is 0.347. The number of carbonyl (C=O) groups excluding carboxylic acids is 1. The zero-order valence-corrected chi connectivity index (χ0v) is 11.1. The molecule has 1 aromatic carbocycles. The van der Waals surface area contributed by atoms with E-state index >= 15 is 0 Å². The number of fused-ring (bicyclic) bond motifs is 1. The molecule has 2 amide bonds. The van der Waals surface area contributed by atoms with E-state index in [0.717, 1.165) is 10.2 Å². The van der Waals surface area contributed by atoms with Crippen molar-refractivity contribution in [2.75, 3.05) is 16.4 Å². The summed E-state index contributed by atoms with van der Waals surface area (Å²) < 4.78 is 0.929. The normalized spacial score (nSPS) is 10.4. The number of nitrogen functional groups attached to an aromatic ring is 1. The predicted molar refractivity (Wildman–Crippen MR) is 80.9 cm³/mol. The Labute approximate surface area is 118 Å². The van der Waals surface area contributed by atoms with Crippen LogP contribution in [0.15, 0.2) is 42.6 Å². The summed E-state index contributed by atoms with van der Waals surface area (Å²) in [5, 5.41) is 5.89. The van der Waals surface area contributed by atoms with Crippen LogP contribution < -0.4 is 16.4 Å². The molecule has 0 aliphatic carbocycles. The molecular formula is C13H11N5OS. The Bertz CT molecular complexity index is 756. The van der Waals surface area contributed by atoms with Gasteiger partial charge in [-0.05, 0) is 30.3 Å². The summed E-state index contributed by atoms with van der Waals surface area (Å²) in [5.74, 6) is 0.494. The summed E-state index contributed by atoms with van der Waals surface area (Å²) >= 11 is 1.38. The fraction of sp³-hybridized carbons (Fsp3) is 0. The van der Waals surface area contributed by atoms with Crippen LogP contribution in [0.3, 0.4) is 0 Å². The number of nitrogens with zero attached hydrogens (tertiary/aromatic N) is 2. The summed E-state index contributed by atoms with van der Waals surface area (Å²) in [7, 11) is 0. The van der Waals surface area contributed by atoms with E-state index in [4.69, 9.17) is 5.73 Å². The van der Waals surface area contributed by atoms with Crippen LogP contribution in [0.5, 0.6) is 0 Å². The Balaban J connectivity index is 1.74. The van der Waals surface area contributed by atoms with Gasteiger partial charge in [-0.15, -0.1) is 0 Å². The molecule has 7 heteroatoms. The van der Waals surface area contributed by atoms with Crippen LogP contribution in [0.2, 0.25) is 0 Å².